The molecular weight excluding hydrogens is 239 g/mol. The molecule has 0 bridgehead atoms. The van der Waals surface area contributed by atoms with Crippen LogP contribution < -0.4 is 5.32 Å². The Hall–Kier alpha value is -0.930. The Morgan fingerprint density at radius 2 is 1.89 bits per heavy atom. The Morgan fingerprint density at radius 3 is 2.53 bits per heavy atom. The molecule has 1 N–H and O–H groups in total. The third-order valence-electron chi connectivity index (χ3n) is 3.47. The van der Waals surface area contributed by atoms with Crippen molar-refractivity contribution in [2.75, 3.05) is 20.1 Å². The fourth-order valence-corrected chi connectivity index (χ4v) is 1.91. The van der Waals surface area contributed by atoms with Gasteiger partial charge in [-0.1, -0.05) is 32.0 Å². The van der Waals surface area contributed by atoms with Gasteiger partial charge in [-0.2, -0.15) is 0 Å². The van der Waals surface area contributed by atoms with E-state index in [1.165, 1.54) is 12.5 Å². The standard InChI is InChI=1S/C16H27FN2/c1-13(2)9-10-18-11-14(3)19(4)12-15-7-5-6-8-16(15)17/h5-8,13-14,18H,9-12H2,1-4H3. The molecule has 0 aliphatic carbocycles. The Bertz CT molecular complexity index is 366. The summed E-state index contributed by atoms with van der Waals surface area (Å²) in [5.41, 5.74) is 0.763. The van der Waals surface area contributed by atoms with Gasteiger partial charge in [0.25, 0.3) is 0 Å². The number of hydrogen-bond acceptors (Lipinski definition) is 2. The van der Waals surface area contributed by atoms with Crippen LogP contribution in [0.5, 0.6) is 0 Å². The minimum atomic E-state index is -0.116. The summed E-state index contributed by atoms with van der Waals surface area (Å²) in [6.07, 6.45) is 1.20. The average Bonchev–Trinajstić information content (AvgIpc) is 2.36. The lowest BCUT2D eigenvalue weighted by molar-refractivity contribution is 0.239. The molecule has 108 valence electrons. The monoisotopic (exact) mass is 266 g/mol. The average molecular weight is 266 g/mol. The Labute approximate surface area is 117 Å². The molecule has 0 heterocycles. The van der Waals surface area contributed by atoms with E-state index >= 15 is 0 Å². The third-order valence-corrected chi connectivity index (χ3v) is 3.47. The first-order valence-corrected chi connectivity index (χ1v) is 7.15. The molecular formula is C16H27FN2. The molecule has 0 saturated carbocycles. The van der Waals surface area contributed by atoms with Crippen molar-refractivity contribution < 1.29 is 4.39 Å². The van der Waals surface area contributed by atoms with E-state index in [1.54, 1.807) is 6.07 Å². The maximum atomic E-state index is 13.6. The molecule has 0 fully saturated rings. The van der Waals surface area contributed by atoms with E-state index in [-0.39, 0.29) is 5.82 Å². The van der Waals surface area contributed by atoms with Gasteiger partial charge in [0.15, 0.2) is 0 Å². The van der Waals surface area contributed by atoms with Crippen LogP contribution in [0.3, 0.4) is 0 Å². The highest BCUT2D eigenvalue weighted by Crippen LogP contribution is 2.10. The van der Waals surface area contributed by atoms with E-state index in [9.17, 15) is 4.39 Å². The van der Waals surface area contributed by atoms with Gasteiger partial charge in [-0.15, -0.1) is 0 Å². The lowest BCUT2D eigenvalue weighted by Crippen LogP contribution is -2.38. The van der Waals surface area contributed by atoms with Gasteiger partial charge in [0.05, 0.1) is 0 Å². The fraction of sp³-hybridized carbons (Fsp3) is 0.625. The summed E-state index contributed by atoms with van der Waals surface area (Å²) in [7, 11) is 2.04. The van der Waals surface area contributed by atoms with Crippen LogP contribution in [0.25, 0.3) is 0 Å². The highest BCUT2D eigenvalue weighted by atomic mass is 19.1. The zero-order valence-electron chi connectivity index (χ0n) is 12.6. The van der Waals surface area contributed by atoms with Crippen LogP contribution in [0.2, 0.25) is 0 Å². The smallest absolute Gasteiger partial charge is 0.127 e. The second kappa shape index (κ2) is 8.28. The minimum Gasteiger partial charge on any atom is -0.315 e. The number of halogens is 1. The Morgan fingerprint density at radius 1 is 1.21 bits per heavy atom. The quantitative estimate of drug-likeness (QED) is 0.726. The van der Waals surface area contributed by atoms with Crippen molar-refractivity contribution >= 4 is 0 Å². The Balaban J connectivity index is 2.32. The molecule has 3 heteroatoms. The number of benzene rings is 1. The van der Waals surface area contributed by atoms with E-state index < -0.39 is 0 Å². The first kappa shape index (κ1) is 16.1. The molecule has 2 nitrogen and oxygen atoms in total. The van der Waals surface area contributed by atoms with Gasteiger partial charge in [0.2, 0.25) is 0 Å². The molecule has 0 amide bonds. The van der Waals surface area contributed by atoms with Crippen molar-refractivity contribution in [2.24, 2.45) is 5.92 Å². The number of rotatable bonds is 8. The van der Waals surface area contributed by atoms with E-state index in [4.69, 9.17) is 0 Å². The Kier molecular flexibility index (Phi) is 7.03. The number of nitrogens with one attached hydrogen (secondary N) is 1. The second-order valence-corrected chi connectivity index (χ2v) is 5.74. The molecule has 0 saturated heterocycles. The van der Waals surface area contributed by atoms with Crippen LogP contribution in [-0.2, 0) is 6.54 Å². The number of nitrogens with zero attached hydrogens (tertiary/aromatic N) is 1. The molecule has 0 radical (unpaired) electrons. The van der Waals surface area contributed by atoms with Gasteiger partial charge in [-0.3, -0.25) is 4.90 Å². The van der Waals surface area contributed by atoms with Crippen LogP contribution in [-0.4, -0.2) is 31.1 Å². The minimum absolute atomic E-state index is 0.116. The van der Waals surface area contributed by atoms with Gasteiger partial charge < -0.3 is 5.32 Å². The van der Waals surface area contributed by atoms with E-state index in [2.05, 4.69) is 31.0 Å². The maximum absolute atomic E-state index is 13.6. The zero-order valence-corrected chi connectivity index (χ0v) is 12.6. The second-order valence-electron chi connectivity index (χ2n) is 5.74. The van der Waals surface area contributed by atoms with Crippen molar-refractivity contribution in [1.29, 1.82) is 0 Å². The molecule has 1 unspecified atom stereocenters. The highest BCUT2D eigenvalue weighted by Gasteiger charge is 2.11. The first-order chi connectivity index (χ1) is 9.00. The van der Waals surface area contributed by atoms with Gasteiger partial charge in [-0.05, 0) is 38.9 Å². The maximum Gasteiger partial charge on any atom is 0.127 e. The highest BCUT2D eigenvalue weighted by molar-refractivity contribution is 5.17. The predicted octanol–water partition coefficient (Wildman–Crippen LogP) is 3.28. The van der Waals surface area contributed by atoms with Crippen LogP contribution in [0.1, 0.15) is 32.8 Å². The summed E-state index contributed by atoms with van der Waals surface area (Å²) >= 11 is 0. The first-order valence-electron chi connectivity index (χ1n) is 7.15. The third kappa shape index (κ3) is 6.17. The van der Waals surface area contributed by atoms with Gasteiger partial charge in [-0.25, -0.2) is 4.39 Å². The van der Waals surface area contributed by atoms with E-state index in [0.29, 0.717) is 12.6 Å². The van der Waals surface area contributed by atoms with Gasteiger partial charge in [0.1, 0.15) is 5.82 Å². The lowest BCUT2D eigenvalue weighted by Gasteiger charge is -2.25. The molecule has 0 aromatic heterocycles. The van der Waals surface area contributed by atoms with Crippen molar-refractivity contribution in [1.82, 2.24) is 10.2 Å². The molecule has 19 heavy (non-hydrogen) atoms. The van der Waals surface area contributed by atoms with Crippen molar-refractivity contribution in [3.8, 4) is 0 Å². The SMILES string of the molecule is CC(C)CCNCC(C)N(C)Cc1ccccc1F. The molecule has 1 aromatic rings. The molecule has 1 aromatic carbocycles. The van der Waals surface area contributed by atoms with E-state index in [0.717, 1.165) is 24.6 Å². The molecule has 0 aliphatic rings. The largest absolute Gasteiger partial charge is 0.315 e. The van der Waals surface area contributed by atoms with Crippen LogP contribution in [0.4, 0.5) is 4.39 Å². The summed E-state index contributed by atoms with van der Waals surface area (Å²) < 4.78 is 13.6. The van der Waals surface area contributed by atoms with E-state index in [1.807, 2.05) is 19.2 Å². The molecule has 1 rings (SSSR count). The zero-order chi connectivity index (χ0) is 14.3. The summed E-state index contributed by atoms with van der Waals surface area (Å²) in [6, 6.07) is 7.39. The van der Waals surface area contributed by atoms with Crippen LogP contribution in [0.15, 0.2) is 24.3 Å². The fourth-order valence-electron chi connectivity index (χ4n) is 1.91. The van der Waals surface area contributed by atoms with Crippen molar-refractivity contribution in [3.05, 3.63) is 35.6 Å². The predicted molar refractivity (Wildman–Crippen MR) is 79.7 cm³/mol. The number of likely N-dealkylation sites (N-methyl/N-ethyl adjacent to an activating group) is 1. The summed E-state index contributed by atoms with van der Waals surface area (Å²) in [5.74, 6) is 0.619. The molecule has 1 atom stereocenters. The lowest BCUT2D eigenvalue weighted by atomic mass is 10.1. The normalized spacial score (nSPS) is 13.2. The molecule has 0 spiro atoms. The van der Waals surface area contributed by atoms with Crippen molar-refractivity contribution in [3.63, 3.8) is 0 Å². The topological polar surface area (TPSA) is 15.3 Å². The number of hydrogen-bond donors (Lipinski definition) is 1. The summed E-state index contributed by atoms with van der Waals surface area (Å²) in [6.45, 7) is 9.28. The van der Waals surface area contributed by atoms with Crippen LogP contribution >= 0.6 is 0 Å². The van der Waals surface area contributed by atoms with Crippen molar-refractivity contribution in [2.45, 2.75) is 39.8 Å². The van der Waals surface area contributed by atoms with Gasteiger partial charge in [0, 0.05) is 24.7 Å². The summed E-state index contributed by atoms with van der Waals surface area (Å²) in [5, 5.41) is 3.46. The van der Waals surface area contributed by atoms with Gasteiger partial charge >= 0.3 is 0 Å². The molecule has 0 aliphatic heterocycles. The van der Waals surface area contributed by atoms with Crippen LogP contribution in [0, 0.1) is 11.7 Å². The summed E-state index contributed by atoms with van der Waals surface area (Å²) in [4.78, 5) is 2.18.